The predicted molar refractivity (Wildman–Crippen MR) is 75.2 cm³/mol. The van der Waals surface area contributed by atoms with E-state index in [0.717, 1.165) is 12.1 Å². The van der Waals surface area contributed by atoms with E-state index in [4.69, 9.17) is 5.26 Å². The van der Waals surface area contributed by atoms with Crippen molar-refractivity contribution < 1.29 is 20.1 Å². The van der Waals surface area contributed by atoms with Crippen LogP contribution >= 0.6 is 0 Å². The van der Waals surface area contributed by atoms with Gasteiger partial charge in [-0.3, -0.25) is 0 Å². The van der Waals surface area contributed by atoms with Gasteiger partial charge in [-0.05, 0) is 24.3 Å². The van der Waals surface area contributed by atoms with Crippen molar-refractivity contribution in [3.63, 3.8) is 0 Å². The summed E-state index contributed by atoms with van der Waals surface area (Å²) in [5.41, 5.74) is 1.04. The Kier molecular flexibility index (Phi) is 3.81. The fourth-order valence-electron chi connectivity index (χ4n) is 1.60. The Morgan fingerprint density at radius 3 is 2.00 bits per heavy atom. The van der Waals surface area contributed by atoms with Crippen molar-refractivity contribution in [2.45, 2.75) is 0 Å². The zero-order valence-electron chi connectivity index (χ0n) is 10.7. The van der Waals surface area contributed by atoms with E-state index in [0.29, 0.717) is 11.3 Å². The molecule has 106 valence electrons. The standard InChI is InChI=1S/C14H11N3O4/c15-7-8-1-3-9(4-2-8)16-14(21)17-10-5-11(18)13(20)12(19)6-10/h1-6,18-20H,(H2,16,17,21). The predicted octanol–water partition coefficient (Wildman–Crippen LogP) is 2.32. The second-order valence-corrected chi connectivity index (χ2v) is 4.13. The topological polar surface area (TPSA) is 126 Å². The molecule has 2 aromatic rings. The summed E-state index contributed by atoms with van der Waals surface area (Å²) in [5.74, 6) is -1.76. The summed E-state index contributed by atoms with van der Waals surface area (Å²) in [4.78, 5) is 11.7. The Labute approximate surface area is 119 Å². The first-order valence-corrected chi connectivity index (χ1v) is 5.82. The quantitative estimate of drug-likeness (QED) is 0.427. The van der Waals surface area contributed by atoms with Gasteiger partial charge >= 0.3 is 6.03 Å². The highest BCUT2D eigenvalue weighted by Gasteiger charge is 2.10. The summed E-state index contributed by atoms with van der Waals surface area (Å²) < 4.78 is 0. The van der Waals surface area contributed by atoms with Gasteiger partial charge in [-0.2, -0.15) is 5.26 Å². The Bertz CT molecular complexity index is 697. The van der Waals surface area contributed by atoms with Gasteiger partial charge in [0.1, 0.15) is 0 Å². The lowest BCUT2D eigenvalue weighted by molar-refractivity contribution is 0.262. The molecule has 0 heterocycles. The number of anilines is 2. The number of aromatic hydroxyl groups is 3. The summed E-state index contributed by atoms with van der Waals surface area (Å²) in [7, 11) is 0. The second-order valence-electron chi connectivity index (χ2n) is 4.13. The molecule has 7 heteroatoms. The fourth-order valence-corrected chi connectivity index (χ4v) is 1.60. The van der Waals surface area contributed by atoms with Gasteiger partial charge < -0.3 is 26.0 Å². The second kappa shape index (κ2) is 5.71. The normalized spacial score (nSPS) is 9.67. The van der Waals surface area contributed by atoms with Gasteiger partial charge in [0.05, 0.1) is 17.3 Å². The van der Waals surface area contributed by atoms with Crippen LogP contribution in [-0.2, 0) is 0 Å². The fraction of sp³-hybridized carbons (Fsp3) is 0. The van der Waals surface area contributed by atoms with Crippen LogP contribution in [0.15, 0.2) is 36.4 Å². The first-order chi connectivity index (χ1) is 9.99. The molecule has 0 saturated carbocycles. The third kappa shape index (κ3) is 3.33. The van der Waals surface area contributed by atoms with Crippen molar-refractivity contribution >= 4 is 17.4 Å². The van der Waals surface area contributed by atoms with Crippen molar-refractivity contribution in [1.29, 1.82) is 5.26 Å². The van der Waals surface area contributed by atoms with E-state index in [9.17, 15) is 20.1 Å². The van der Waals surface area contributed by atoms with Crippen LogP contribution in [0, 0.1) is 11.3 Å². The Morgan fingerprint density at radius 1 is 0.952 bits per heavy atom. The number of carbonyl (C=O) groups is 1. The minimum atomic E-state index is -0.659. The van der Waals surface area contributed by atoms with E-state index in [1.807, 2.05) is 6.07 Å². The van der Waals surface area contributed by atoms with Gasteiger partial charge in [0.2, 0.25) is 0 Å². The number of hydrogen-bond donors (Lipinski definition) is 5. The van der Waals surface area contributed by atoms with Crippen LogP contribution in [-0.4, -0.2) is 21.4 Å². The molecule has 0 atom stereocenters. The summed E-state index contributed by atoms with van der Waals surface area (Å²) in [5, 5.41) is 41.4. The molecule has 0 aliphatic rings. The van der Waals surface area contributed by atoms with Gasteiger partial charge in [0, 0.05) is 17.8 Å². The molecule has 2 aromatic carbocycles. The van der Waals surface area contributed by atoms with Crippen LogP contribution in [0.4, 0.5) is 16.2 Å². The molecule has 0 spiro atoms. The molecule has 0 fully saturated rings. The number of rotatable bonds is 2. The number of nitriles is 1. The highest BCUT2D eigenvalue weighted by atomic mass is 16.3. The molecule has 5 N–H and O–H groups in total. The molecule has 0 unspecified atom stereocenters. The number of hydrogen-bond acceptors (Lipinski definition) is 5. The Balaban J connectivity index is 2.06. The lowest BCUT2D eigenvalue weighted by Gasteiger charge is -2.09. The maximum Gasteiger partial charge on any atom is 0.323 e. The van der Waals surface area contributed by atoms with Gasteiger partial charge in [0.25, 0.3) is 0 Å². The van der Waals surface area contributed by atoms with Crippen LogP contribution < -0.4 is 10.6 Å². The van der Waals surface area contributed by atoms with E-state index in [2.05, 4.69) is 10.6 Å². The van der Waals surface area contributed by atoms with E-state index in [-0.39, 0.29) is 5.69 Å². The highest BCUT2D eigenvalue weighted by Crippen LogP contribution is 2.37. The minimum absolute atomic E-state index is 0.106. The molecule has 7 nitrogen and oxygen atoms in total. The molecule has 2 rings (SSSR count). The zero-order chi connectivity index (χ0) is 15.4. The lowest BCUT2D eigenvalue weighted by Crippen LogP contribution is -2.19. The highest BCUT2D eigenvalue weighted by molar-refractivity contribution is 6.00. The molecular formula is C14H11N3O4. The molecule has 2 amide bonds. The van der Waals surface area contributed by atoms with Crippen molar-refractivity contribution in [2.75, 3.05) is 10.6 Å². The largest absolute Gasteiger partial charge is 0.504 e. The van der Waals surface area contributed by atoms with Crippen LogP contribution in [0.25, 0.3) is 0 Å². The van der Waals surface area contributed by atoms with Crippen molar-refractivity contribution in [2.24, 2.45) is 0 Å². The minimum Gasteiger partial charge on any atom is -0.504 e. The molecule has 0 radical (unpaired) electrons. The summed E-state index contributed by atoms with van der Waals surface area (Å²) >= 11 is 0. The third-order valence-corrected chi connectivity index (χ3v) is 2.60. The van der Waals surface area contributed by atoms with Crippen LogP contribution in [0.2, 0.25) is 0 Å². The summed E-state index contributed by atoms with van der Waals surface area (Å²) in [6.45, 7) is 0. The molecule has 0 saturated heterocycles. The summed E-state index contributed by atoms with van der Waals surface area (Å²) in [6, 6.07) is 9.75. The first kappa shape index (κ1) is 14.0. The van der Waals surface area contributed by atoms with E-state index in [1.54, 1.807) is 24.3 Å². The lowest BCUT2D eigenvalue weighted by atomic mass is 10.2. The molecule has 0 bridgehead atoms. The monoisotopic (exact) mass is 285 g/mol. The van der Waals surface area contributed by atoms with Crippen LogP contribution in [0.3, 0.4) is 0 Å². The van der Waals surface area contributed by atoms with Gasteiger partial charge in [0.15, 0.2) is 17.2 Å². The molecule has 0 aliphatic heterocycles. The summed E-state index contributed by atoms with van der Waals surface area (Å²) in [6.07, 6.45) is 0. The molecule has 0 aromatic heterocycles. The number of amides is 2. The Hall–Kier alpha value is -3.40. The van der Waals surface area contributed by atoms with Gasteiger partial charge in [-0.1, -0.05) is 0 Å². The molecular weight excluding hydrogens is 274 g/mol. The number of nitrogens with zero attached hydrogens (tertiary/aromatic N) is 1. The van der Waals surface area contributed by atoms with Crippen LogP contribution in [0.1, 0.15) is 5.56 Å². The first-order valence-electron chi connectivity index (χ1n) is 5.82. The van der Waals surface area contributed by atoms with Gasteiger partial charge in [-0.25, -0.2) is 4.79 Å². The van der Waals surface area contributed by atoms with E-state index in [1.165, 1.54) is 0 Å². The maximum atomic E-state index is 11.7. The molecule has 0 aliphatic carbocycles. The van der Waals surface area contributed by atoms with E-state index < -0.39 is 23.3 Å². The maximum absolute atomic E-state index is 11.7. The van der Waals surface area contributed by atoms with Crippen molar-refractivity contribution in [3.8, 4) is 23.3 Å². The SMILES string of the molecule is N#Cc1ccc(NC(=O)Nc2cc(O)c(O)c(O)c2)cc1. The van der Waals surface area contributed by atoms with Crippen LogP contribution in [0.5, 0.6) is 17.2 Å². The third-order valence-electron chi connectivity index (χ3n) is 2.60. The number of carbonyl (C=O) groups excluding carboxylic acids is 1. The number of urea groups is 1. The smallest absolute Gasteiger partial charge is 0.323 e. The number of phenols is 3. The Morgan fingerprint density at radius 2 is 1.48 bits per heavy atom. The van der Waals surface area contributed by atoms with Crippen molar-refractivity contribution in [1.82, 2.24) is 0 Å². The molecule has 21 heavy (non-hydrogen) atoms. The average Bonchev–Trinajstić information content (AvgIpc) is 2.45. The van der Waals surface area contributed by atoms with Gasteiger partial charge in [-0.15, -0.1) is 0 Å². The zero-order valence-corrected chi connectivity index (χ0v) is 10.7. The number of benzene rings is 2. The van der Waals surface area contributed by atoms with E-state index >= 15 is 0 Å². The number of phenolic OH excluding ortho intramolecular Hbond substituents is 3. The average molecular weight is 285 g/mol. The van der Waals surface area contributed by atoms with Crippen molar-refractivity contribution in [3.05, 3.63) is 42.0 Å². The number of nitrogens with one attached hydrogen (secondary N) is 2.